The predicted octanol–water partition coefficient (Wildman–Crippen LogP) is 1.40. The second-order valence-corrected chi connectivity index (χ2v) is 5.30. The zero-order valence-corrected chi connectivity index (χ0v) is 11.5. The first-order valence-electron chi connectivity index (χ1n) is 6.79. The SMILES string of the molecule is CCN1CCCC1CN(C)CCNC(C)C. The molecule has 1 fully saturated rings. The van der Waals surface area contributed by atoms with Crippen molar-refractivity contribution in [2.45, 2.75) is 45.7 Å². The van der Waals surface area contributed by atoms with Crippen LogP contribution in [0.15, 0.2) is 0 Å². The number of likely N-dealkylation sites (tertiary alicyclic amines) is 1. The molecule has 0 spiro atoms. The average molecular weight is 227 g/mol. The minimum Gasteiger partial charge on any atom is -0.313 e. The lowest BCUT2D eigenvalue weighted by atomic mass is 10.2. The molecule has 0 amide bonds. The topological polar surface area (TPSA) is 18.5 Å². The molecule has 16 heavy (non-hydrogen) atoms. The summed E-state index contributed by atoms with van der Waals surface area (Å²) >= 11 is 0. The van der Waals surface area contributed by atoms with E-state index in [1.54, 1.807) is 0 Å². The van der Waals surface area contributed by atoms with Crippen LogP contribution in [-0.4, -0.2) is 61.7 Å². The van der Waals surface area contributed by atoms with E-state index in [0.29, 0.717) is 6.04 Å². The van der Waals surface area contributed by atoms with Crippen LogP contribution in [0.4, 0.5) is 0 Å². The first kappa shape index (κ1) is 13.9. The van der Waals surface area contributed by atoms with Gasteiger partial charge in [-0.25, -0.2) is 0 Å². The van der Waals surface area contributed by atoms with E-state index in [4.69, 9.17) is 0 Å². The van der Waals surface area contributed by atoms with Crippen LogP contribution in [0.5, 0.6) is 0 Å². The van der Waals surface area contributed by atoms with Crippen LogP contribution in [0, 0.1) is 0 Å². The van der Waals surface area contributed by atoms with Gasteiger partial charge in [0.25, 0.3) is 0 Å². The molecular formula is C13H29N3. The third-order valence-corrected chi connectivity index (χ3v) is 3.47. The molecule has 1 atom stereocenters. The van der Waals surface area contributed by atoms with Crippen molar-refractivity contribution in [1.82, 2.24) is 15.1 Å². The van der Waals surface area contributed by atoms with Gasteiger partial charge in [0.1, 0.15) is 0 Å². The highest BCUT2D eigenvalue weighted by Gasteiger charge is 2.23. The number of rotatable bonds is 7. The molecule has 0 bridgehead atoms. The highest BCUT2D eigenvalue weighted by atomic mass is 15.2. The first-order chi connectivity index (χ1) is 7.63. The summed E-state index contributed by atoms with van der Waals surface area (Å²) in [6.45, 7) is 12.7. The maximum atomic E-state index is 3.47. The van der Waals surface area contributed by atoms with Gasteiger partial charge in [-0.15, -0.1) is 0 Å². The summed E-state index contributed by atoms with van der Waals surface area (Å²) in [6.07, 6.45) is 2.77. The summed E-state index contributed by atoms with van der Waals surface area (Å²) in [4.78, 5) is 5.08. The number of nitrogens with zero attached hydrogens (tertiary/aromatic N) is 2. The number of nitrogens with one attached hydrogen (secondary N) is 1. The molecule has 1 aliphatic rings. The Morgan fingerprint density at radius 3 is 2.81 bits per heavy atom. The molecule has 0 aromatic rings. The molecule has 1 saturated heterocycles. The number of likely N-dealkylation sites (N-methyl/N-ethyl adjacent to an activating group) is 2. The van der Waals surface area contributed by atoms with E-state index in [-0.39, 0.29) is 0 Å². The maximum absolute atomic E-state index is 3.47. The normalized spacial score (nSPS) is 22.5. The molecule has 0 aromatic carbocycles. The highest BCUT2D eigenvalue weighted by Crippen LogP contribution is 2.16. The summed E-state index contributed by atoms with van der Waals surface area (Å²) in [5.41, 5.74) is 0. The maximum Gasteiger partial charge on any atom is 0.0223 e. The Hall–Kier alpha value is -0.120. The quantitative estimate of drug-likeness (QED) is 0.709. The molecule has 1 N–H and O–H groups in total. The number of hydrogen-bond acceptors (Lipinski definition) is 3. The van der Waals surface area contributed by atoms with Crippen molar-refractivity contribution >= 4 is 0 Å². The van der Waals surface area contributed by atoms with Gasteiger partial charge in [0.2, 0.25) is 0 Å². The fourth-order valence-corrected chi connectivity index (χ4v) is 2.51. The van der Waals surface area contributed by atoms with Crippen molar-refractivity contribution in [2.75, 3.05) is 39.8 Å². The summed E-state index contributed by atoms with van der Waals surface area (Å²) in [5.74, 6) is 0. The van der Waals surface area contributed by atoms with Gasteiger partial charge in [-0.05, 0) is 33.0 Å². The summed E-state index contributed by atoms with van der Waals surface area (Å²) < 4.78 is 0. The molecule has 1 rings (SSSR count). The van der Waals surface area contributed by atoms with Crippen LogP contribution < -0.4 is 5.32 Å². The Bertz CT molecular complexity index is 182. The van der Waals surface area contributed by atoms with Crippen molar-refractivity contribution < 1.29 is 0 Å². The Labute approximate surface area is 101 Å². The largest absolute Gasteiger partial charge is 0.313 e. The summed E-state index contributed by atoms with van der Waals surface area (Å²) in [6, 6.07) is 1.40. The molecule has 1 heterocycles. The lowest BCUT2D eigenvalue weighted by molar-refractivity contribution is 0.198. The molecule has 0 saturated carbocycles. The molecule has 96 valence electrons. The Balaban J connectivity index is 2.15. The molecule has 3 nitrogen and oxygen atoms in total. The van der Waals surface area contributed by atoms with Gasteiger partial charge in [-0.2, -0.15) is 0 Å². The fourth-order valence-electron chi connectivity index (χ4n) is 2.51. The average Bonchev–Trinajstić information content (AvgIpc) is 2.64. The number of hydrogen-bond donors (Lipinski definition) is 1. The molecular weight excluding hydrogens is 198 g/mol. The minimum absolute atomic E-state index is 0.604. The van der Waals surface area contributed by atoms with E-state index >= 15 is 0 Å². The standard InChI is InChI=1S/C13H29N3/c1-5-16-9-6-7-13(16)11-15(4)10-8-14-12(2)3/h12-14H,5-11H2,1-4H3. The van der Waals surface area contributed by atoms with Gasteiger partial charge in [-0.3, -0.25) is 4.90 Å². The van der Waals surface area contributed by atoms with E-state index in [0.717, 1.165) is 19.1 Å². The molecule has 0 aliphatic carbocycles. The minimum atomic E-state index is 0.604. The summed E-state index contributed by atoms with van der Waals surface area (Å²) in [5, 5.41) is 3.47. The molecule has 0 aromatic heterocycles. The zero-order valence-electron chi connectivity index (χ0n) is 11.5. The first-order valence-corrected chi connectivity index (χ1v) is 6.79. The van der Waals surface area contributed by atoms with Crippen LogP contribution >= 0.6 is 0 Å². The van der Waals surface area contributed by atoms with Crippen molar-refractivity contribution in [3.63, 3.8) is 0 Å². The van der Waals surface area contributed by atoms with Crippen molar-refractivity contribution in [3.8, 4) is 0 Å². The van der Waals surface area contributed by atoms with Crippen LogP contribution in [0.2, 0.25) is 0 Å². The van der Waals surface area contributed by atoms with Gasteiger partial charge in [0, 0.05) is 31.7 Å². The van der Waals surface area contributed by atoms with Gasteiger partial charge >= 0.3 is 0 Å². The van der Waals surface area contributed by atoms with E-state index in [1.165, 1.54) is 32.5 Å². The van der Waals surface area contributed by atoms with Gasteiger partial charge in [0.15, 0.2) is 0 Å². The van der Waals surface area contributed by atoms with E-state index in [9.17, 15) is 0 Å². The Morgan fingerprint density at radius 1 is 1.44 bits per heavy atom. The van der Waals surface area contributed by atoms with Crippen molar-refractivity contribution in [3.05, 3.63) is 0 Å². The van der Waals surface area contributed by atoms with E-state index in [2.05, 4.69) is 42.9 Å². The van der Waals surface area contributed by atoms with E-state index in [1.807, 2.05) is 0 Å². The second-order valence-electron chi connectivity index (χ2n) is 5.30. The van der Waals surface area contributed by atoms with Crippen molar-refractivity contribution in [2.24, 2.45) is 0 Å². The zero-order chi connectivity index (χ0) is 12.0. The van der Waals surface area contributed by atoms with Gasteiger partial charge in [-0.1, -0.05) is 20.8 Å². The monoisotopic (exact) mass is 227 g/mol. The highest BCUT2D eigenvalue weighted by molar-refractivity contribution is 4.80. The van der Waals surface area contributed by atoms with Crippen LogP contribution in [0.1, 0.15) is 33.6 Å². The van der Waals surface area contributed by atoms with Gasteiger partial charge < -0.3 is 10.2 Å². The smallest absolute Gasteiger partial charge is 0.0223 e. The molecule has 1 aliphatic heterocycles. The molecule has 3 heteroatoms. The van der Waals surface area contributed by atoms with Crippen LogP contribution in [-0.2, 0) is 0 Å². The lowest BCUT2D eigenvalue weighted by Gasteiger charge is -2.27. The van der Waals surface area contributed by atoms with Crippen molar-refractivity contribution in [1.29, 1.82) is 0 Å². The van der Waals surface area contributed by atoms with Gasteiger partial charge in [0.05, 0.1) is 0 Å². The van der Waals surface area contributed by atoms with Crippen LogP contribution in [0.25, 0.3) is 0 Å². The predicted molar refractivity (Wildman–Crippen MR) is 70.9 cm³/mol. The molecule has 0 radical (unpaired) electrons. The third kappa shape index (κ3) is 4.81. The fraction of sp³-hybridized carbons (Fsp3) is 1.00. The lowest BCUT2D eigenvalue weighted by Crippen LogP contribution is -2.41. The third-order valence-electron chi connectivity index (χ3n) is 3.47. The molecule has 1 unspecified atom stereocenters. The second kappa shape index (κ2) is 7.25. The Morgan fingerprint density at radius 2 is 2.19 bits per heavy atom. The Kier molecular flexibility index (Phi) is 6.32. The van der Waals surface area contributed by atoms with E-state index < -0.39 is 0 Å². The van der Waals surface area contributed by atoms with Crippen LogP contribution in [0.3, 0.4) is 0 Å². The summed E-state index contributed by atoms with van der Waals surface area (Å²) in [7, 11) is 2.24.